The van der Waals surface area contributed by atoms with Crippen LogP contribution in [0.15, 0.2) is 48.8 Å². The molecule has 184 valence electrons. The van der Waals surface area contributed by atoms with Crippen LogP contribution in [0.5, 0.6) is 0 Å². The number of nitrogens with zero attached hydrogens (tertiary/aromatic N) is 3. The average molecular weight is 515 g/mol. The summed E-state index contributed by atoms with van der Waals surface area (Å²) in [5.41, 5.74) is 0.808. The van der Waals surface area contributed by atoms with Gasteiger partial charge in [-0.3, -0.25) is 4.79 Å². The molecule has 8 nitrogen and oxygen atoms in total. The van der Waals surface area contributed by atoms with Gasteiger partial charge in [0.1, 0.15) is 17.7 Å². The topological polar surface area (TPSA) is 93.1 Å². The summed E-state index contributed by atoms with van der Waals surface area (Å²) in [6.07, 6.45) is 7.67. The number of hydrogen-bond donors (Lipinski definition) is 3. The summed E-state index contributed by atoms with van der Waals surface area (Å²) in [5.74, 6) is 1.88. The average Bonchev–Trinajstić information content (AvgIpc) is 3.49. The number of carbonyl (C=O) groups excluding carboxylic acids is 1. The molecule has 1 aromatic carbocycles. The third kappa shape index (κ3) is 6.25. The van der Waals surface area contributed by atoms with Gasteiger partial charge in [-0.25, -0.2) is 0 Å². The van der Waals surface area contributed by atoms with Gasteiger partial charge in [-0.2, -0.15) is 9.97 Å². The molecule has 1 saturated carbocycles. The molecule has 0 unspecified atom stereocenters. The highest BCUT2D eigenvalue weighted by atomic mass is 35.5. The maximum Gasteiger partial charge on any atom is 0.243 e. The fourth-order valence-corrected chi connectivity index (χ4v) is 4.64. The van der Waals surface area contributed by atoms with Crippen LogP contribution in [0.4, 0.5) is 11.8 Å². The minimum Gasteiger partial charge on any atom is -0.381 e. The Morgan fingerprint density at radius 1 is 1.09 bits per heavy atom. The Labute approximate surface area is 214 Å². The van der Waals surface area contributed by atoms with Gasteiger partial charge < -0.3 is 25.3 Å². The van der Waals surface area contributed by atoms with Crippen molar-refractivity contribution >= 4 is 40.9 Å². The summed E-state index contributed by atoms with van der Waals surface area (Å²) in [5, 5.41) is 10.9. The Morgan fingerprint density at radius 2 is 1.86 bits per heavy atom. The zero-order valence-electron chi connectivity index (χ0n) is 19.2. The number of rotatable bonds is 9. The molecule has 0 radical (unpaired) electrons. The molecule has 0 bridgehead atoms. The van der Waals surface area contributed by atoms with Gasteiger partial charge in [0.25, 0.3) is 0 Å². The lowest BCUT2D eigenvalue weighted by atomic mass is 9.91. The van der Waals surface area contributed by atoms with Crippen LogP contribution >= 0.6 is 23.2 Å². The third-order valence-electron chi connectivity index (χ3n) is 6.28. The molecule has 2 fully saturated rings. The van der Waals surface area contributed by atoms with Crippen LogP contribution in [0.1, 0.15) is 31.2 Å². The number of benzene rings is 1. The predicted octanol–water partition coefficient (Wildman–Crippen LogP) is 4.67. The largest absolute Gasteiger partial charge is 0.381 e. The van der Waals surface area contributed by atoms with Crippen LogP contribution in [0.25, 0.3) is 5.82 Å². The van der Waals surface area contributed by atoms with E-state index in [1.807, 2.05) is 41.2 Å². The number of ether oxygens (including phenoxy) is 1. The Balaban J connectivity index is 1.37. The first-order valence-corrected chi connectivity index (χ1v) is 12.7. The lowest BCUT2D eigenvalue weighted by Gasteiger charge is -2.30. The van der Waals surface area contributed by atoms with Crippen molar-refractivity contribution in [3.05, 3.63) is 64.4 Å². The molecule has 1 aliphatic heterocycles. The first-order valence-electron chi connectivity index (χ1n) is 11.9. The number of amides is 1. The van der Waals surface area contributed by atoms with Gasteiger partial charge in [0.15, 0.2) is 0 Å². The van der Waals surface area contributed by atoms with Crippen LogP contribution in [-0.4, -0.2) is 45.7 Å². The standard InChI is InChI=1S/C25H28Cl2N6O2/c26-18-4-3-17(20(27)13-18)15-28-24(34)23(16-7-11-35-12-8-16)30-21-14-22(33-9-1-2-10-33)32-25(31-21)29-19-5-6-19/h1-4,9-10,13-14,16,19,23H,5-8,11-12,15H2,(H,28,34)(H2,29,30,31,32)/t23-/m1/s1. The summed E-state index contributed by atoms with van der Waals surface area (Å²) in [6, 6.07) is 11.0. The summed E-state index contributed by atoms with van der Waals surface area (Å²) in [6.45, 7) is 1.57. The third-order valence-corrected chi connectivity index (χ3v) is 6.87. The summed E-state index contributed by atoms with van der Waals surface area (Å²) >= 11 is 12.3. The predicted molar refractivity (Wildman–Crippen MR) is 137 cm³/mol. The summed E-state index contributed by atoms with van der Waals surface area (Å²) in [4.78, 5) is 22.8. The Bertz CT molecular complexity index is 1160. The van der Waals surface area contributed by atoms with Crippen molar-refractivity contribution in [2.75, 3.05) is 23.8 Å². The fourth-order valence-electron chi connectivity index (χ4n) is 4.17. The number of anilines is 2. The van der Waals surface area contributed by atoms with Gasteiger partial charge in [0.2, 0.25) is 11.9 Å². The fraction of sp³-hybridized carbons (Fsp3) is 0.400. The van der Waals surface area contributed by atoms with Crippen LogP contribution in [0, 0.1) is 5.92 Å². The highest BCUT2D eigenvalue weighted by Gasteiger charge is 2.31. The molecule has 35 heavy (non-hydrogen) atoms. The van der Waals surface area contributed by atoms with Crippen molar-refractivity contribution in [2.45, 2.75) is 44.3 Å². The maximum atomic E-state index is 13.4. The van der Waals surface area contributed by atoms with E-state index in [9.17, 15) is 4.79 Å². The molecule has 1 aliphatic carbocycles. The monoisotopic (exact) mass is 514 g/mol. The molecule has 3 N–H and O–H groups in total. The molecule has 1 atom stereocenters. The molecule has 3 aromatic rings. The molecule has 2 aliphatic rings. The van der Waals surface area contributed by atoms with Gasteiger partial charge >= 0.3 is 0 Å². The quantitative estimate of drug-likeness (QED) is 0.384. The number of nitrogens with one attached hydrogen (secondary N) is 3. The van der Waals surface area contributed by atoms with E-state index in [1.54, 1.807) is 12.1 Å². The Hall–Kier alpha value is -2.81. The van der Waals surface area contributed by atoms with Gasteiger partial charge in [-0.15, -0.1) is 0 Å². The first kappa shape index (κ1) is 23.9. The number of aromatic nitrogens is 3. The number of halogens is 2. The number of carbonyl (C=O) groups is 1. The molecular formula is C25H28Cl2N6O2. The normalized spacial score (nSPS) is 17.1. The van der Waals surface area contributed by atoms with Crippen molar-refractivity contribution in [1.29, 1.82) is 0 Å². The lowest BCUT2D eigenvalue weighted by molar-refractivity contribution is -0.123. The van der Waals surface area contributed by atoms with E-state index in [0.29, 0.717) is 47.6 Å². The van der Waals surface area contributed by atoms with Crippen molar-refractivity contribution in [2.24, 2.45) is 5.92 Å². The smallest absolute Gasteiger partial charge is 0.243 e. The van der Waals surface area contributed by atoms with E-state index < -0.39 is 6.04 Å². The van der Waals surface area contributed by atoms with E-state index >= 15 is 0 Å². The minimum absolute atomic E-state index is 0.106. The second-order valence-corrected chi connectivity index (χ2v) is 9.81. The molecule has 2 aromatic heterocycles. The zero-order valence-corrected chi connectivity index (χ0v) is 20.7. The summed E-state index contributed by atoms with van der Waals surface area (Å²) < 4.78 is 7.47. The van der Waals surface area contributed by atoms with E-state index in [2.05, 4.69) is 25.9 Å². The molecule has 5 rings (SSSR count). The molecule has 1 amide bonds. The Morgan fingerprint density at radius 3 is 2.57 bits per heavy atom. The molecule has 10 heteroatoms. The van der Waals surface area contributed by atoms with Crippen LogP contribution < -0.4 is 16.0 Å². The van der Waals surface area contributed by atoms with Gasteiger partial charge in [0, 0.05) is 54.3 Å². The van der Waals surface area contributed by atoms with E-state index in [1.165, 1.54) is 0 Å². The van der Waals surface area contributed by atoms with Gasteiger partial charge in [-0.05, 0) is 61.4 Å². The van der Waals surface area contributed by atoms with Gasteiger partial charge in [0.05, 0.1) is 0 Å². The highest BCUT2D eigenvalue weighted by Crippen LogP contribution is 2.27. The van der Waals surface area contributed by atoms with E-state index in [4.69, 9.17) is 27.9 Å². The highest BCUT2D eigenvalue weighted by molar-refractivity contribution is 6.35. The minimum atomic E-state index is -0.480. The van der Waals surface area contributed by atoms with Crippen molar-refractivity contribution in [1.82, 2.24) is 19.9 Å². The van der Waals surface area contributed by atoms with Crippen LogP contribution in [-0.2, 0) is 16.1 Å². The van der Waals surface area contributed by atoms with Crippen molar-refractivity contribution in [3.63, 3.8) is 0 Å². The molecular weight excluding hydrogens is 487 g/mol. The van der Waals surface area contributed by atoms with Crippen molar-refractivity contribution < 1.29 is 9.53 Å². The first-order chi connectivity index (χ1) is 17.0. The van der Waals surface area contributed by atoms with E-state index in [-0.39, 0.29) is 11.8 Å². The second-order valence-electron chi connectivity index (χ2n) is 8.97. The Kier molecular flexibility index (Phi) is 7.41. The lowest BCUT2D eigenvalue weighted by Crippen LogP contribution is -2.46. The van der Waals surface area contributed by atoms with Crippen molar-refractivity contribution in [3.8, 4) is 5.82 Å². The van der Waals surface area contributed by atoms with E-state index in [0.717, 1.165) is 37.1 Å². The maximum absolute atomic E-state index is 13.4. The second kappa shape index (κ2) is 10.8. The SMILES string of the molecule is O=C(NCc1ccc(Cl)cc1Cl)[C@H](Nc1cc(-n2cccc2)nc(NC2CC2)n1)C1CCOCC1. The molecule has 3 heterocycles. The molecule has 0 spiro atoms. The van der Waals surface area contributed by atoms with Crippen LogP contribution in [0.2, 0.25) is 10.0 Å². The number of hydrogen-bond acceptors (Lipinski definition) is 6. The molecule has 1 saturated heterocycles. The van der Waals surface area contributed by atoms with Gasteiger partial charge in [-0.1, -0.05) is 29.3 Å². The zero-order chi connectivity index (χ0) is 24.2. The van der Waals surface area contributed by atoms with Crippen LogP contribution in [0.3, 0.4) is 0 Å². The summed E-state index contributed by atoms with van der Waals surface area (Å²) in [7, 11) is 0.